The summed E-state index contributed by atoms with van der Waals surface area (Å²) in [5.74, 6) is 1.53. The van der Waals surface area contributed by atoms with E-state index in [4.69, 9.17) is 9.47 Å². The first-order valence-corrected chi connectivity index (χ1v) is 12.4. The molecule has 32 heavy (non-hydrogen) atoms. The molecular weight excluding hydrogens is 428 g/mol. The number of fused-ring (bicyclic) bond motifs is 1. The van der Waals surface area contributed by atoms with Crippen LogP contribution in [0.3, 0.4) is 0 Å². The average Bonchev–Trinajstić information content (AvgIpc) is 3.35. The van der Waals surface area contributed by atoms with Gasteiger partial charge >= 0.3 is 0 Å². The fraction of sp³-hybridized carbons (Fsp3) is 0.375. The monoisotopic (exact) mass is 456 g/mol. The van der Waals surface area contributed by atoms with Gasteiger partial charge in [0.15, 0.2) is 9.84 Å². The number of benzene rings is 2. The highest BCUT2D eigenvalue weighted by atomic mass is 32.2. The maximum absolute atomic E-state index is 12.9. The van der Waals surface area contributed by atoms with Gasteiger partial charge in [-0.05, 0) is 36.6 Å². The Morgan fingerprint density at radius 3 is 2.62 bits per heavy atom. The van der Waals surface area contributed by atoms with Crippen molar-refractivity contribution in [2.45, 2.75) is 25.3 Å². The minimum atomic E-state index is -3.04. The van der Waals surface area contributed by atoms with Crippen molar-refractivity contribution in [1.82, 2.24) is 9.88 Å². The van der Waals surface area contributed by atoms with Crippen molar-refractivity contribution in [3.05, 3.63) is 48.0 Å². The number of rotatable bonds is 7. The van der Waals surface area contributed by atoms with Crippen LogP contribution in [-0.2, 0) is 21.1 Å². The highest BCUT2D eigenvalue weighted by molar-refractivity contribution is 7.91. The van der Waals surface area contributed by atoms with Gasteiger partial charge in [0.25, 0.3) is 0 Å². The predicted octanol–water partition coefficient (Wildman–Crippen LogP) is 3.43. The molecule has 2 heterocycles. The molecule has 7 nitrogen and oxygen atoms in total. The third kappa shape index (κ3) is 4.32. The molecule has 3 aromatic rings. The second-order valence-corrected chi connectivity index (χ2v) is 10.4. The summed E-state index contributed by atoms with van der Waals surface area (Å²) >= 11 is 0. The minimum Gasteiger partial charge on any atom is -0.497 e. The molecule has 170 valence electrons. The smallest absolute Gasteiger partial charge is 0.222 e. The van der Waals surface area contributed by atoms with Crippen LogP contribution in [0.5, 0.6) is 11.5 Å². The molecular formula is C24H28N2O5S. The van der Waals surface area contributed by atoms with E-state index in [1.54, 1.807) is 26.2 Å². The highest BCUT2D eigenvalue weighted by Crippen LogP contribution is 2.38. The number of carbonyl (C=O) groups is 1. The van der Waals surface area contributed by atoms with Crippen LogP contribution >= 0.6 is 0 Å². The van der Waals surface area contributed by atoms with E-state index in [-0.39, 0.29) is 23.5 Å². The van der Waals surface area contributed by atoms with Crippen molar-refractivity contribution in [3.8, 4) is 22.8 Å². The van der Waals surface area contributed by atoms with Crippen LogP contribution in [0, 0.1) is 0 Å². The number of aromatic amines is 1. The van der Waals surface area contributed by atoms with E-state index < -0.39 is 9.84 Å². The van der Waals surface area contributed by atoms with Gasteiger partial charge in [-0.15, -0.1) is 0 Å². The molecule has 4 rings (SSSR count). The zero-order valence-corrected chi connectivity index (χ0v) is 19.4. The topological polar surface area (TPSA) is 88.7 Å². The standard InChI is InChI=1S/C24H28N2O5S/c1-26(16-12-13-32(28,29)15-16)23(27)11-10-19-18-6-4-5-7-21(18)25-24(19)20-9-8-17(30-2)14-22(20)31-3/h4-9,14,16,25H,10-13,15H2,1-3H3. The van der Waals surface area contributed by atoms with Crippen LogP contribution in [0.15, 0.2) is 42.5 Å². The van der Waals surface area contributed by atoms with Crippen LogP contribution in [0.2, 0.25) is 0 Å². The lowest BCUT2D eigenvalue weighted by Gasteiger charge is -2.23. The van der Waals surface area contributed by atoms with Crippen LogP contribution in [0.25, 0.3) is 22.2 Å². The molecule has 1 amide bonds. The Balaban J connectivity index is 1.64. The van der Waals surface area contributed by atoms with Gasteiger partial charge < -0.3 is 19.4 Å². The van der Waals surface area contributed by atoms with Crippen LogP contribution in [0.1, 0.15) is 18.4 Å². The summed E-state index contributed by atoms with van der Waals surface area (Å²) < 4.78 is 34.5. The van der Waals surface area contributed by atoms with E-state index >= 15 is 0 Å². The molecule has 2 aromatic carbocycles. The Morgan fingerprint density at radius 1 is 1.16 bits per heavy atom. The number of amides is 1. The SMILES string of the molecule is COc1ccc(-c2[nH]c3ccccc3c2CCC(=O)N(C)C2CCS(=O)(=O)C2)c(OC)c1. The number of methoxy groups -OCH3 is 2. The molecule has 1 saturated heterocycles. The second-order valence-electron chi connectivity index (χ2n) is 8.15. The summed E-state index contributed by atoms with van der Waals surface area (Å²) in [4.78, 5) is 18.0. The van der Waals surface area contributed by atoms with Crippen molar-refractivity contribution in [2.75, 3.05) is 32.8 Å². The lowest BCUT2D eigenvalue weighted by atomic mass is 10.00. The zero-order valence-electron chi connectivity index (χ0n) is 18.6. The minimum absolute atomic E-state index is 0.0509. The molecule has 0 bridgehead atoms. The Bertz CT molecular complexity index is 1250. The third-order valence-corrected chi connectivity index (χ3v) is 7.98. The fourth-order valence-electron chi connectivity index (χ4n) is 4.39. The average molecular weight is 457 g/mol. The normalized spacial score (nSPS) is 17.4. The second kappa shape index (κ2) is 8.86. The van der Waals surface area contributed by atoms with Crippen molar-refractivity contribution >= 4 is 26.6 Å². The van der Waals surface area contributed by atoms with Gasteiger partial charge in [0.2, 0.25) is 5.91 Å². The summed E-state index contributed by atoms with van der Waals surface area (Å²) in [5.41, 5.74) is 3.81. The third-order valence-electron chi connectivity index (χ3n) is 6.23. The van der Waals surface area contributed by atoms with Crippen molar-refractivity contribution in [1.29, 1.82) is 0 Å². The maximum atomic E-state index is 12.9. The van der Waals surface area contributed by atoms with Crippen LogP contribution in [-0.4, -0.2) is 63.0 Å². The van der Waals surface area contributed by atoms with E-state index in [0.29, 0.717) is 30.8 Å². The number of nitrogens with one attached hydrogen (secondary N) is 1. The number of ether oxygens (including phenoxy) is 2. The molecule has 0 saturated carbocycles. The lowest BCUT2D eigenvalue weighted by molar-refractivity contribution is -0.131. The Labute approximate surface area is 188 Å². The van der Waals surface area contributed by atoms with Gasteiger partial charge in [-0.2, -0.15) is 0 Å². The van der Waals surface area contributed by atoms with Gasteiger partial charge in [0.05, 0.1) is 31.4 Å². The van der Waals surface area contributed by atoms with Crippen molar-refractivity contribution in [3.63, 3.8) is 0 Å². The number of hydrogen-bond donors (Lipinski definition) is 1. The number of hydrogen-bond acceptors (Lipinski definition) is 5. The van der Waals surface area contributed by atoms with Crippen molar-refractivity contribution < 1.29 is 22.7 Å². The number of sulfone groups is 1. The number of aryl methyl sites for hydroxylation is 1. The molecule has 0 radical (unpaired) electrons. The van der Waals surface area contributed by atoms with Crippen LogP contribution < -0.4 is 9.47 Å². The molecule has 1 fully saturated rings. The number of aromatic nitrogens is 1. The first kappa shape index (κ1) is 22.2. The molecule has 8 heteroatoms. The summed E-state index contributed by atoms with van der Waals surface area (Å²) in [5, 5.41) is 1.05. The Kier molecular flexibility index (Phi) is 6.15. The molecule has 1 unspecified atom stereocenters. The summed E-state index contributed by atoms with van der Waals surface area (Å²) in [7, 11) is 1.90. The quantitative estimate of drug-likeness (QED) is 0.588. The highest BCUT2D eigenvalue weighted by Gasteiger charge is 2.32. The summed E-state index contributed by atoms with van der Waals surface area (Å²) in [6, 6.07) is 13.4. The molecule has 0 aliphatic carbocycles. The lowest BCUT2D eigenvalue weighted by Crippen LogP contribution is -2.37. The number of nitrogens with zero attached hydrogens (tertiary/aromatic N) is 1. The molecule has 1 aromatic heterocycles. The summed E-state index contributed by atoms with van der Waals surface area (Å²) in [6.45, 7) is 0. The fourth-order valence-corrected chi connectivity index (χ4v) is 6.16. The number of H-pyrrole nitrogens is 1. The molecule has 1 aliphatic rings. The molecule has 1 atom stereocenters. The van der Waals surface area contributed by atoms with E-state index in [2.05, 4.69) is 4.98 Å². The van der Waals surface area contributed by atoms with Gasteiger partial charge in [-0.1, -0.05) is 18.2 Å². The van der Waals surface area contributed by atoms with Gasteiger partial charge in [0, 0.05) is 42.0 Å². The van der Waals surface area contributed by atoms with Gasteiger partial charge in [-0.3, -0.25) is 4.79 Å². The first-order valence-electron chi connectivity index (χ1n) is 10.6. The van der Waals surface area contributed by atoms with E-state index in [1.165, 1.54) is 0 Å². The Morgan fingerprint density at radius 2 is 1.94 bits per heavy atom. The maximum Gasteiger partial charge on any atom is 0.222 e. The largest absolute Gasteiger partial charge is 0.497 e. The Hall–Kier alpha value is -3.00. The number of carbonyl (C=O) groups excluding carboxylic acids is 1. The number of para-hydroxylation sites is 1. The van der Waals surface area contributed by atoms with Gasteiger partial charge in [0.1, 0.15) is 11.5 Å². The summed E-state index contributed by atoms with van der Waals surface area (Å²) in [6.07, 6.45) is 1.32. The van der Waals surface area contributed by atoms with E-state index in [1.807, 2.05) is 42.5 Å². The first-order chi connectivity index (χ1) is 15.3. The van der Waals surface area contributed by atoms with E-state index in [9.17, 15) is 13.2 Å². The molecule has 1 N–H and O–H groups in total. The molecule has 1 aliphatic heterocycles. The van der Waals surface area contributed by atoms with Crippen molar-refractivity contribution in [2.24, 2.45) is 0 Å². The van der Waals surface area contributed by atoms with Gasteiger partial charge in [-0.25, -0.2) is 8.42 Å². The van der Waals surface area contributed by atoms with Crippen LogP contribution in [0.4, 0.5) is 0 Å². The van der Waals surface area contributed by atoms with E-state index in [0.717, 1.165) is 27.7 Å². The predicted molar refractivity (Wildman–Crippen MR) is 125 cm³/mol. The molecule has 0 spiro atoms. The zero-order chi connectivity index (χ0) is 22.9.